The van der Waals surface area contributed by atoms with E-state index in [-0.39, 0.29) is 11.7 Å². The third-order valence-electron chi connectivity index (χ3n) is 1.36. The van der Waals surface area contributed by atoms with E-state index >= 15 is 0 Å². The Hall–Kier alpha value is -0.260. The van der Waals surface area contributed by atoms with Gasteiger partial charge in [0.2, 0.25) is 5.91 Å². The highest BCUT2D eigenvalue weighted by molar-refractivity contribution is 7.81. The van der Waals surface area contributed by atoms with Crippen LogP contribution >= 0.6 is 12.6 Å². The predicted octanol–water partition coefficient (Wildman–Crippen LogP) is 0.0855. The summed E-state index contributed by atoms with van der Waals surface area (Å²) < 4.78 is 9.99. The number of hydrogen-bond donors (Lipinski definition) is 2. The summed E-state index contributed by atoms with van der Waals surface area (Å²) in [5.74, 6) is 0.199. The fourth-order valence-corrected chi connectivity index (χ4v) is 0.814. The highest BCUT2D eigenvalue weighted by atomic mass is 32.1. The van der Waals surface area contributed by atoms with Gasteiger partial charge in [-0.05, 0) is 6.42 Å². The van der Waals surface area contributed by atoms with Gasteiger partial charge < -0.3 is 14.8 Å². The average Bonchev–Trinajstić information content (AvgIpc) is 2.16. The van der Waals surface area contributed by atoms with Crippen molar-refractivity contribution in [3.8, 4) is 0 Å². The smallest absolute Gasteiger partial charge is 0.229 e. The van der Waals surface area contributed by atoms with Gasteiger partial charge in [-0.3, -0.25) is 4.79 Å². The molecule has 0 spiro atoms. The number of thiol groups is 1. The van der Waals surface area contributed by atoms with E-state index in [1.165, 1.54) is 0 Å². The molecule has 0 aliphatic carbocycles. The van der Waals surface area contributed by atoms with Crippen molar-refractivity contribution in [3.05, 3.63) is 0 Å². The maximum atomic E-state index is 10.7. The highest BCUT2D eigenvalue weighted by Crippen LogP contribution is 1.82. The molecule has 0 aromatic rings. The topological polar surface area (TPSA) is 47.6 Å². The lowest BCUT2D eigenvalue weighted by Crippen LogP contribution is -2.26. The molecule has 78 valence electrons. The fourth-order valence-electron chi connectivity index (χ4n) is 0.702. The molecule has 0 aliphatic heterocycles. The summed E-state index contributed by atoms with van der Waals surface area (Å²) in [4.78, 5) is 10.7. The van der Waals surface area contributed by atoms with E-state index in [1.807, 2.05) is 0 Å². The van der Waals surface area contributed by atoms with Gasteiger partial charge in [-0.2, -0.15) is 12.6 Å². The molecule has 0 rings (SSSR count). The molecule has 0 saturated carbocycles. The Morgan fingerprint density at radius 2 is 2.15 bits per heavy atom. The third-order valence-corrected chi connectivity index (χ3v) is 1.65. The summed E-state index contributed by atoms with van der Waals surface area (Å²) in [5, 5.41) is 2.70. The van der Waals surface area contributed by atoms with Crippen LogP contribution in [0.1, 0.15) is 6.42 Å². The average molecular weight is 207 g/mol. The van der Waals surface area contributed by atoms with Crippen LogP contribution in [0.4, 0.5) is 0 Å². The van der Waals surface area contributed by atoms with Gasteiger partial charge in [0.25, 0.3) is 0 Å². The van der Waals surface area contributed by atoms with Crippen LogP contribution < -0.4 is 5.32 Å². The van der Waals surface area contributed by atoms with Gasteiger partial charge in [-0.25, -0.2) is 0 Å². The summed E-state index contributed by atoms with van der Waals surface area (Å²) in [7, 11) is 1.64. The van der Waals surface area contributed by atoms with Crippen molar-refractivity contribution in [2.24, 2.45) is 0 Å². The molecule has 0 aromatic heterocycles. The van der Waals surface area contributed by atoms with Crippen molar-refractivity contribution in [3.63, 3.8) is 0 Å². The van der Waals surface area contributed by atoms with Crippen molar-refractivity contribution < 1.29 is 14.3 Å². The molecular weight excluding hydrogens is 190 g/mol. The van der Waals surface area contributed by atoms with Gasteiger partial charge in [0.05, 0.1) is 19.0 Å². The number of methoxy groups -OCH3 is 1. The molecule has 0 atom stereocenters. The zero-order valence-corrected chi connectivity index (χ0v) is 8.81. The Kier molecular flexibility index (Phi) is 9.63. The van der Waals surface area contributed by atoms with E-state index in [2.05, 4.69) is 17.9 Å². The maximum absolute atomic E-state index is 10.7. The van der Waals surface area contributed by atoms with Crippen LogP contribution in [0, 0.1) is 0 Å². The van der Waals surface area contributed by atoms with E-state index in [1.54, 1.807) is 7.11 Å². The fraction of sp³-hybridized carbons (Fsp3) is 0.875. The Labute approximate surface area is 84.4 Å². The van der Waals surface area contributed by atoms with Crippen molar-refractivity contribution in [2.75, 3.05) is 39.2 Å². The summed E-state index contributed by atoms with van der Waals surface area (Å²) in [6, 6.07) is 0. The van der Waals surface area contributed by atoms with Crippen molar-refractivity contribution in [2.45, 2.75) is 6.42 Å². The lowest BCUT2D eigenvalue weighted by Gasteiger charge is -2.04. The molecule has 0 aliphatic rings. The largest absolute Gasteiger partial charge is 0.382 e. The first-order chi connectivity index (χ1) is 6.31. The number of ether oxygens (including phenoxy) is 2. The predicted molar refractivity (Wildman–Crippen MR) is 54.2 cm³/mol. The first-order valence-electron chi connectivity index (χ1n) is 4.25. The third kappa shape index (κ3) is 9.66. The normalized spacial score (nSPS) is 10.0. The molecule has 0 bridgehead atoms. The van der Waals surface area contributed by atoms with Gasteiger partial charge in [-0.15, -0.1) is 0 Å². The molecule has 1 amide bonds. The number of carbonyl (C=O) groups excluding carboxylic acids is 1. The van der Waals surface area contributed by atoms with E-state index in [4.69, 9.17) is 9.47 Å². The molecule has 0 radical (unpaired) electrons. The second-order valence-electron chi connectivity index (χ2n) is 2.47. The van der Waals surface area contributed by atoms with Crippen LogP contribution in [0.15, 0.2) is 0 Å². The van der Waals surface area contributed by atoms with E-state index < -0.39 is 0 Å². The Balaban J connectivity index is 2.95. The summed E-state index contributed by atoms with van der Waals surface area (Å²) >= 11 is 3.83. The zero-order valence-electron chi connectivity index (χ0n) is 7.91. The number of amides is 1. The number of nitrogens with one attached hydrogen (secondary N) is 1. The van der Waals surface area contributed by atoms with Gasteiger partial charge in [-0.1, -0.05) is 0 Å². The monoisotopic (exact) mass is 207 g/mol. The van der Waals surface area contributed by atoms with Crippen LogP contribution in [0.5, 0.6) is 0 Å². The summed E-state index contributed by atoms with van der Waals surface area (Å²) in [6.45, 7) is 2.52. The lowest BCUT2D eigenvalue weighted by molar-refractivity contribution is -0.118. The molecule has 1 N–H and O–H groups in total. The number of rotatable bonds is 8. The molecule has 0 aromatic carbocycles. The van der Waals surface area contributed by atoms with Crippen LogP contribution in [-0.4, -0.2) is 45.1 Å². The minimum Gasteiger partial charge on any atom is -0.382 e. The summed E-state index contributed by atoms with van der Waals surface area (Å²) in [5.41, 5.74) is 0. The van der Waals surface area contributed by atoms with Crippen LogP contribution in [-0.2, 0) is 14.3 Å². The van der Waals surface area contributed by atoms with Gasteiger partial charge in [0.15, 0.2) is 0 Å². The standard InChI is InChI=1S/C8H17NO3S/c1-11-5-6-12-4-2-3-9-8(10)7-13/h13H,2-7H2,1H3,(H,9,10). The Morgan fingerprint density at radius 1 is 1.38 bits per heavy atom. The number of carbonyl (C=O) groups is 1. The van der Waals surface area contributed by atoms with Gasteiger partial charge in [0.1, 0.15) is 0 Å². The van der Waals surface area contributed by atoms with Crippen molar-refractivity contribution in [1.29, 1.82) is 0 Å². The number of hydrogen-bond acceptors (Lipinski definition) is 4. The van der Waals surface area contributed by atoms with E-state index in [0.717, 1.165) is 6.42 Å². The van der Waals surface area contributed by atoms with Crippen molar-refractivity contribution >= 4 is 18.5 Å². The second-order valence-corrected chi connectivity index (χ2v) is 2.78. The molecule has 5 heteroatoms. The van der Waals surface area contributed by atoms with E-state index in [0.29, 0.717) is 26.4 Å². The zero-order chi connectivity index (χ0) is 9.94. The van der Waals surface area contributed by atoms with Crippen molar-refractivity contribution in [1.82, 2.24) is 5.32 Å². The van der Waals surface area contributed by atoms with E-state index in [9.17, 15) is 4.79 Å². The lowest BCUT2D eigenvalue weighted by atomic mass is 10.4. The molecule has 0 saturated heterocycles. The van der Waals surface area contributed by atoms with Crippen LogP contribution in [0.2, 0.25) is 0 Å². The first-order valence-corrected chi connectivity index (χ1v) is 4.88. The summed E-state index contributed by atoms with van der Waals surface area (Å²) in [6.07, 6.45) is 0.823. The van der Waals surface area contributed by atoms with Crippen LogP contribution in [0.25, 0.3) is 0 Å². The quantitative estimate of drug-likeness (QED) is 0.438. The molecule has 4 nitrogen and oxygen atoms in total. The van der Waals surface area contributed by atoms with Gasteiger partial charge >= 0.3 is 0 Å². The molecule has 13 heavy (non-hydrogen) atoms. The molecule has 0 unspecified atom stereocenters. The Bertz CT molecular complexity index is 133. The highest BCUT2D eigenvalue weighted by Gasteiger charge is 1.95. The minimum atomic E-state index is -0.0415. The molecular formula is C8H17NO3S. The molecule has 0 fully saturated rings. The van der Waals surface area contributed by atoms with Gasteiger partial charge in [0, 0.05) is 20.3 Å². The second kappa shape index (κ2) is 9.83. The first kappa shape index (κ1) is 12.7. The minimum absolute atomic E-state index is 0.0415. The molecule has 0 heterocycles. The SMILES string of the molecule is COCCOCCCNC(=O)CS. The maximum Gasteiger partial charge on any atom is 0.229 e. The van der Waals surface area contributed by atoms with Crippen LogP contribution in [0.3, 0.4) is 0 Å². The Morgan fingerprint density at radius 3 is 2.77 bits per heavy atom.